The molecule has 0 spiro atoms. The summed E-state index contributed by atoms with van der Waals surface area (Å²) in [5.41, 5.74) is 0.206. The Kier molecular flexibility index (Phi) is 5.60. The molecular weight excluding hydrogens is 512 g/mol. The Bertz CT molecular complexity index is 1380. The SMILES string of the molecule is O=C(N[C@@H](c1cc(F)c(Cl)cc1F)C1CC1)[C@H]1C[C@H]2C[C@H]2N1C(=O)c1ccnc(S(=O)(=O)C2CC2)c1. The number of fused-ring (bicyclic) bond motifs is 1. The Labute approximate surface area is 212 Å². The number of hydrogen-bond acceptors (Lipinski definition) is 5. The van der Waals surface area contributed by atoms with Crippen molar-refractivity contribution >= 4 is 33.3 Å². The second kappa shape index (κ2) is 8.48. The lowest BCUT2D eigenvalue weighted by atomic mass is 10.00. The third-order valence-electron chi connectivity index (χ3n) is 7.64. The third-order valence-corrected chi connectivity index (χ3v) is 10.1. The summed E-state index contributed by atoms with van der Waals surface area (Å²) in [6.07, 6.45) is 5.25. The van der Waals surface area contributed by atoms with E-state index in [2.05, 4.69) is 10.3 Å². The number of nitrogens with one attached hydrogen (secondary N) is 1. The third kappa shape index (κ3) is 4.18. The number of aromatic nitrogens is 1. The van der Waals surface area contributed by atoms with Gasteiger partial charge < -0.3 is 10.2 Å². The molecule has 4 aliphatic rings. The molecule has 0 bridgehead atoms. The Morgan fingerprint density at radius 2 is 1.83 bits per heavy atom. The molecule has 4 atom stereocenters. The van der Waals surface area contributed by atoms with Crippen molar-refractivity contribution in [3.8, 4) is 0 Å². The quantitative estimate of drug-likeness (QED) is 0.544. The molecule has 1 aromatic heterocycles. The van der Waals surface area contributed by atoms with Gasteiger partial charge in [0.15, 0.2) is 14.9 Å². The lowest BCUT2D eigenvalue weighted by Crippen LogP contribution is -2.49. The lowest BCUT2D eigenvalue weighted by Gasteiger charge is -2.29. The van der Waals surface area contributed by atoms with Crippen LogP contribution in [0.2, 0.25) is 5.02 Å². The van der Waals surface area contributed by atoms with Crippen LogP contribution in [0.15, 0.2) is 35.5 Å². The molecule has 7 nitrogen and oxygen atoms in total. The fraction of sp³-hybridized carbons (Fsp3) is 0.480. The van der Waals surface area contributed by atoms with Crippen molar-refractivity contribution in [2.75, 3.05) is 0 Å². The average Bonchev–Trinajstić information content (AvgIpc) is 3.72. The number of sulfone groups is 1. The molecule has 36 heavy (non-hydrogen) atoms. The average molecular weight is 536 g/mol. The van der Waals surface area contributed by atoms with Gasteiger partial charge in [0, 0.05) is 23.4 Å². The first kappa shape index (κ1) is 23.8. The summed E-state index contributed by atoms with van der Waals surface area (Å²) >= 11 is 5.70. The zero-order valence-electron chi connectivity index (χ0n) is 19.2. The van der Waals surface area contributed by atoms with Crippen molar-refractivity contribution < 1.29 is 26.8 Å². The maximum absolute atomic E-state index is 14.7. The van der Waals surface area contributed by atoms with Crippen LogP contribution >= 0.6 is 11.6 Å². The minimum absolute atomic E-state index is 0.0282. The smallest absolute Gasteiger partial charge is 0.254 e. The molecule has 4 fully saturated rings. The molecule has 1 saturated heterocycles. The number of likely N-dealkylation sites (tertiary alicyclic amines) is 1. The van der Waals surface area contributed by atoms with Crippen molar-refractivity contribution in [1.82, 2.24) is 15.2 Å². The molecule has 2 aromatic rings. The number of rotatable bonds is 7. The van der Waals surface area contributed by atoms with E-state index in [1.54, 1.807) is 0 Å². The highest BCUT2D eigenvalue weighted by Crippen LogP contribution is 2.49. The van der Waals surface area contributed by atoms with Crippen molar-refractivity contribution in [2.24, 2.45) is 11.8 Å². The van der Waals surface area contributed by atoms with Gasteiger partial charge in [-0.25, -0.2) is 22.2 Å². The van der Waals surface area contributed by atoms with Crippen LogP contribution < -0.4 is 5.32 Å². The van der Waals surface area contributed by atoms with Gasteiger partial charge in [-0.1, -0.05) is 11.6 Å². The number of hydrogen-bond donors (Lipinski definition) is 1. The summed E-state index contributed by atoms with van der Waals surface area (Å²) in [7, 11) is -3.57. The molecule has 1 aromatic carbocycles. The second-order valence-corrected chi connectivity index (χ2v) is 12.8. The van der Waals surface area contributed by atoms with E-state index in [0.717, 1.165) is 31.4 Å². The van der Waals surface area contributed by atoms with Crippen LogP contribution in [0, 0.1) is 23.5 Å². The van der Waals surface area contributed by atoms with Crippen LogP contribution in [0.5, 0.6) is 0 Å². The minimum Gasteiger partial charge on any atom is -0.347 e. The van der Waals surface area contributed by atoms with Crippen LogP contribution in [0.1, 0.15) is 60.5 Å². The normalized spacial score (nSPS) is 25.9. The molecule has 3 saturated carbocycles. The topological polar surface area (TPSA) is 96.4 Å². The van der Waals surface area contributed by atoms with Crippen molar-refractivity contribution in [3.05, 3.63) is 58.2 Å². The number of piperidine rings is 1. The van der Waals surface area contributed by atoms with Crippen molar-refractivity contribution in [3.63, 3.8) is 0 Å². The summed E-state index contributed by atoms with van der Waals surface area (Å²) < 4.78 is 54.0. The van der Waals surface area contributed by atoms with Gasteiger partial charge in [0.2, 0.25) is 5.91 Å². The summed E-state index contributed by atoms with van der Waals surface area (Å²) in [5, 5.41) is 1.96. The second-order valence-electron chi connectivity index (χ2n) is 10.3. The molecule has 0 unspecified atom stereocenters. The highest BCUT2D eigenvalue weighted by Gasteiger charge is 2.56. The number of amides is 2. The molecule has 11 heteroatoms. The van der Waals surface area contributed by atoms with Crippen molar-refractivity contribution in [1.29, 1.82) is 0 Å². The van der Waals surface area contributed by atoms with Crippen LogP contribution in [0.4, 0.5) is 8.78 Å². The number of halogens is 3. The molecule has 2 heterocycles. The zero-order chi connectivity index (χ0) is 25.4. The van der Waals surface area contributed by atoms with Gasteiger partial charge in [0.1, 0.15) is 17.7 Å². The van der Waals surface area contributed by atoms with E-state index in [1.165, 1.54) is 23.2 Å². The Morgan fingerprint density at radius 1 is 1.08 bits per heavy atom. The largest absolute Gasteiger partial charge is 0.347 e. The number of nitrogens with zero attached hydrogens (tertiary/aromatic N) is 2. The first-order valence-electron chi connectivity index (χ1n) is 12.1. The number of carbonyl (C=O) groups is 2. The van der Waals surface area contributed by atoms with E-state index < -0.39 is 50.6 Å². The van der Waals surface area contributed by atoms with E-state index in [-0.39, 0.29) is 39.1 Å². The summed E-state index contributed by atoms with van der Waals surface area (Å²) in [4.78, 5) is 32.4. The molecular formula is C25H24ClF2N3O4S. The van der Waals surface area contributed by atoms with Crippen LogP contribution in [-0.4, -0.2) is 47.4 Å². The van der Waals surface area contributed by atoms with Gasteiger partial charge in [-0.05, 0) is 74.6 Å². The van der Waals surface area contributed by atoms with Crippen LogP contribution in [-0.2, 0) is 14.6 Å². The predicted octanol–water partition coefficient (Wildman–Crippen LogP) is 3.82. The molecule has 1 aliphatic heterocycles. The standard InChI is InChI=1S/C25H24ClF2N3O4S/c26-17-11-18(27)16(10-19(17)28)23(12-1-2-12)30-24(32)21-8-14-7-20(14)31(21)25(33)13-5-6-29-22(9-13)36(34,35)15-3-4-15/h5-6,9-12,14-15,20-21,23H,1-4,7-8H2,(H,30,32)/t14-,20-,21-,23-/m1/s1. The molecule has 1 N–H and O–H groups in total. The summed E-state index contributed by atoms with van der Waals surface area (Å²) in [6.45, 7) is 0. The first-order chi connectivity index (χ1) is 17.1. The van der Waals surface area contributed by atoms with Gasteiger partial charge in [-0.3, -0.25) is 9.59 Å². The molecule has 3 aliphatic carbocycles. The fourth-order valence-electron chi connectivity index (χ4n) is 5.28. The number of carbonyl (C=O) groups excluding carboxylic acids is 2. The molecule has 0 radical (unpaired) electrons. The van der Waals surface area contributed by atoms with Gasteiger partial charge in [0.05, 0.1) is 16.3 Å². The highest BCUT2D eigenvalue weighted by atomic mass is 35.5. The fourth-order valence-corrected chi connectivity index (χ4v) is 7.03. The van der Waals surface area contributed by atoms with E-state index in [4.69, 9.17) is 11.6 Å². The number of benzene rings is 1. The maximum atomic E-state index is 14.7. The van der Waals surface area contributed by atoms with E-state index in [0.29, 0.717) is 19.3 Å². The van der Waals surface area contributed by atoms with E-state index in [1.807, 2.05) is 0 Å². The van der Waals surface area contributed by atoms with E-state index in [9.17, 15) is 26.8 Å². The van der Waals surface area contributed by atoms with E-state index >= 15 is 0 Å². The van der Waals surface area contributed by atoms with Crippen LogP contribution in [0.25, 0.3) is 0 Å². The Morgan fingerprint density at radius 3 is 2.53 bits per heavy atom. The molecule has 6 rings (SSSR count). The Hall–Kier alpha value is -2.59. The minimum atomic E-state index is -3.57. The predicted molar refractivity (Wildman–Crippen MR) is 126 cm³/mol. The van der Waals surface area contributed by atoms with Crippen LogP contribution in [0.3, 0.4) is 0 Å². The van der Waals surface area contributed by atoms with Gasteiger partial charge in [-0.2, -0.15) is 0 Å². The maximum Gasteiger partial charge on any atom is 0.254 e. The summed E-state index contributed by atoms with van der Waals surface area (Å²) in [5.74, 6) is -2.16. The molecule has 190 valence electrons. The molecule has 2 amide bonds. The lowest BCUT2D eigenvalue weighted by molar-refractivity contribution is -0.126. The number of pyridine rings is 1. The van der Waals surface area contributed by atoms with Gasteiger partial charge in [0.25, 0.3) is 5.91 Å². The zero-order valence-corrected chi connectivity index (χ0v) is 20.7. The summed E-state index contributed by atoms with van der Waals surface area (Å²) in [6, 6.07) is 3.07. The van der Waals surface area contributed by atoms with Gasteiger partial charge >= 0.3 is 0 Å². The highest BCUT2D eigenvalue weighted by molar-refractivity contribution is 7.92. The van der Waals surface area contributed by atoms with Crippen molar-refractivity contribution in [2.45, 2.75) is 66.9 Å². The van der Waals surface area contributed by atoms with Gasteiger partial charge in [-0.15, -0.1) is 0 Å². The monoisotopic (exact) mass is 535 g/mol. The first-order valence-corrected chi connectivity index (χ1v) is 14.0. The Balaban J connectivity index is 1.24.